The minimum absolute atomic E-state index is 0.179. The fraction of sp³-hybridized carbons (Fsp3) is 0.500. The lowest BCUT2D eigenvalue weighted by Gasteiger charge is -2.19. The average molecular weight is 235 g/mol. The molecule has 0 heterocycles. The van der Waals surface area contributed by atoms with Gasteiger partial charge >= 0.3 is 5.97 Å². The van der Waals surface area contributed by atoms with E-state index in [1.54, 1.807) is 0 Å². The van der Waals surface area contributed by atoms with Crippen LogP contribution in [-0.4, -0.2) is 19.6 Å². The summed E-state index contributed by atoms with van der Waals surface area (Å²) in [5.41, 5.74) is 2.66. The molecule has 0 saturated carbocycles. The Kier molecular flexibility index (Phi) is 4.70. The van der Waals surface area contributed by atoms with E-state index < -0.39 is 0 Å². The van der Waals surface area contributed by atoms with Crippen molar-refractivity contribution in [3.63, 3.8) is 0 Å². The van der Waals surface area contributed by atoms with Crippen LogP contribution >= 0.6 is 0 Å². The second-order valence-electron chi connectivity index (χ2n) is 5.13. The number of methoxy groups -OCH3 is 1. The molecule has 0 aliphatic carbocycles. The van der Waals surface area contributed by atoms with Crippen molar-refractivity contribution < 1.29 is 9.53 Å². The molecular weight excluding hydrogens is 214 g/mol. The van der Waals surface area contributed by atoms with E-state index in [9.17, 15) is 4.79 Å². The maximum Gasteiger partial charge on any atom is 0.319 e. The SMILES string of the molecule is COC(=O)CNCc1ccc(C(C)(C)C)cc1. The van der Waals surface area contributed by atoms with Gasteiger partial charge in [0.1, 0.15) is 0 Å². The number of esters is 1. The van der Waals surface area contributed by atoms with E-state index in [0.29, 0.717) is 6.54 Å². The van der Waals surface area contributed by atoms with Crippen LogP contribution in [0.3, 0.4) is 0 Å². The van der Waals surface area contributed by atoms with Crippen molar-refractivity contribution in [2.45, 2.75) is 32.7 Å². The van der Waals surface area contributed by atoms with Crippen molar-refractivity contribution in [2.24, 2.45) is 0 Å². The molecule has 0 aliphatic rings. The number of benzene rings is 1. The summed E-state index contributed by atoms with van der Waals surface area (Å²) in [6.45, 7) is 7.50. The number of ether oxygens (including phenoxy) is 1. The van der Waals surface area contributed by atoms with Crippen LogP contribution < -0.4 is 5.32 Å². The second-order valence-corrected chi connectivity index (χ2v) is 5.13. The number of carbonyl (C=O) groups is 1. The summed E-state index contributed by atoms with van der Waals surface area (Å²) in [4.78, 5) is 10.9. The van der Waals surface area contributed by atoms with Crippen molar-refractivity contribution in [1.29, 1.82) is 0 Å². The Balaban J connectivity index is 2.49. The van der Waals surface area contributed by atoms with Gasteiger partial charge in [0.25, 0.3) is 0 Å². The van der Waals surface area contributed by atoms with E-state index in [0.717, 1.165) is 0 Å². The minimum atomic E-state index is -0.240. The highest BCUT2D eigenvalue weighted by Gasteiger charge is 2.12. The van der Waals surface area contributed by atoms with Crippen molar-refractivity contribution >= 4 is 5.97 Å². The van der Waals surface area contributed by atoms with Crippen LogP contribution in [0.1, 0.15) is 31.9 Å². The number of rotatable bonds is 4. The molecular formula is C14H21NO2. The van der Waals surface area contributed by atoms with E-state index in [2.05, 4.69) is 55.1 Å². The molecule has 1 rings (SSSR count). The fourth-order valence-corrected chi connectivity index (χ4v) is 1.50. The Labute approximate surface area is 103 Å². The van der Waals surface area contributed by atoms with Crippen molar-refractivity contribution in [2.75, 3.05) is 13.7 Å². The molecule has 0 atom stereocenters. The zero-order chi connectivity index (χ0) is 12.9. The van der Waals surface area contributed by atoms with Crippen LogP contribution in [-0.2, 0) is 21.5 Å². The summed E-state index contributed by atoms with van der Waals surface area (Å²) >= 11 is 0. The lowest BCUT2D eigenvalue weighted by atomic mass is 9.87. The van der Waals surface area contributed by atoms with Gasteiger partial charge in [0.05, 0.1) is 13.7 Å². The van der Waals surface area contributed by atoms with Crippen LogP contribution in [0.15, 0.2) is 24.3 Å². The first-order valence-electron chi connectivity index (χ1n) is 5.80. The molecule has 1 aromatic carbocycles. The zero-order valence-electron chi connectivity index (χ0n) is 11.0. The topological polar surface area (TPSA) is 38.3 Å². The Bertz CT molecular complexity index is 363. The second kappa shape index (κ2) is 5.82. The van der Waals surface area contributed by atoms with Gasteiger partial charge in [-0.3, -0.25) is 4.79 Å². The Morgan fingerprint density at radius 1 is 1.24 bits per heavy atom. The third-order valence-corrected chi connectivity index (χ3v) is 2.65. The molecule has 3 nitrogen and oxygen atoms in total. The molecule has 0 spiro atoms. The highest BCUT2D eigenvalue weighted by molar-refractivity contribution is 5.71. The van der Waals surface area contributed by atoms with Gasteiger partial charge in [-0.15, -0.1) is 0 Å². The van der Waals surface area contributed by atoms with Crippen LogP contribution in [0.2, 0.25) is 0 Å². The monoisotopic (exact) mass is 235 g/mol. The maximum absolute atomic E-state index is 10.9. The predicted octanol–water partition coefficient (Wildman–Crippen LogP) is 2.25. The van der Waals surface area contributed by atoms with Gasteiger partial charge in [-0.05, 0) is 16.5 Å². The van der Waals surface area contributed by atoms with E-state index in [4.69, 9.17) is 0 Å². The standard InChI is InChI=1S/C14H21NO2/c1-14(2,3)12-7-5-11(6-8-12)9-15-10-13(16)17-4/h5-8,15H,9-10H2,1-4H3. The van der Waals surface area contributed by atoms with Crippen LogP contribution in [0, 0.1) is 0 Å². The van der Waals surface area contributed by atoms with Gasteiger partial charge in [0.2, 0.25) is 0 Å². The molecule has 0 bridgehead atoms. The van der Waals surface area contributed by atoms with E-state index >= 15 is 0 Å². The third kappa shape index (κ3) is 4.57. The fourth-order valence-electron chi connectivity index (χ4n) is 1.50. The van der Waals surface area contributed by atoms with E-state index in [-0.39, 0.29) is 17.9 Å². The molecule has 0 radical (unpaired) electrons. The molecule has 0 aliphatic heterocycles. The summed E-state index contributed by atoms with van der Waals surface area (Å²) in [5.74, 6) is -0.240. The lowest BCUT2D eigenvalue weighted by Crippen LogP contribution is -2.23. The summed E-state index contributed by atoms with van der Waals surface area (Å²) in [7, 11) is 1.39. The van der Waals surface area contributed by atoms with Crippen molar-refractivity contribution in [3.8, 4) is 0 Å². The zero-order valence-corrected chi connectivity index (χ0v) is 11.0. The van der Waals surface area contributed by atoms with Crippen LogP contribution in [0.5, 0.6) is 0 Å². The molecule has 1 N–H and O–H groups in total. The van der Waals surface area contributed by atoms with Crippen molar-refractivity contribution in [3.05, 3.63) is 35.4 Å². The third-order valence-electron chi connectivity index (χ3n) is 2.65. The molecule has 0 saturated heterocycles. The Morgan fingerprint density at radius 3 is 2.29 bits per heavy atom. The number of hydrogen-bond acceptors (Lipinski definition) is 3. The largest absolute Gasteiger partial charge is 0.468 e. The van der Waals surface area contributed by atoms with Gasteiger partial charge in [-0.1, -0.05) is 45.0 Å². The highest BCUT2D eigenvalue weighted by atomic mass is 16.5. The normalized spacial score (nSPS) is 11.3. The molecule has 1 aromatic rings. The van der Waals surface area contributed by atoms with E-state index in [1.807, 2.05) is 0 Å². The quantitative estimate of drug-likeness (QED) is 0.813. The lowest BCUT2D eigenvalue weighted by molar-refractivity contribution is -0.139. The van der Waals surface area contributed by atoms with Gasteiger partial charge in [0.15, 0.2) is 0 Å². The van der Waals surface area contributed by atoms with Crippen LogP contribution in [0.25, 0.3) is 0 Å². The minimum Gasteiger partial charge on any atom is -0.468 e. The van der Waals surface area contributed by atoms with Crippen LogP contribution in [0.4, 0.5) is 0 Å². The first-order valence-corrected chi connectivity index (χ1v) is 5.80. The number of hydrogen-bond donors (Lipinski definition) is 1. The van der Waals surface area contributed by atoms with E-state index in [1.165, 1.54) is 18.2 Å². The predicted molar refractivity (Wildman–Crippen MR) is 68.9 cm³/mol. The summed E-state index contributed by atoms with van der Waals surface area (Å²) in [6, 6.07) is 8.44. The smallest absolute Gasteiger partial charge is 0.319 e. The maximum atomic E-state index is 10.9. The summed E-state index contributed by atoms with van der Waals surface area (Å²) in [5, 5.41) is 3.04. The molecule has 3 heteroatoms. The van der Waals surface area contributed by atoms with Crippen molar-refractivity contribution in [1.82, 2.24) is 5.32 Å². The average Bonchev–Trinajstić information content (AvgIpc) is 2.28. The molecule has 94 valence electrons. The van der Waals surface area contributed by atoms with Gasteiger partial charge in [0, 0.05) is 6.54 Å². The molecule has 0 unspecified atom stereocenters. The first-order chi connectivity index (χ1) is 7.93. The van der Waals surface area contributed by atoms with Gasteiger partial charge in [-0.25, -0.2) is 0 Å². The summed E-state index contributed by atoms with van der Waals surface area (Å²) < 4.78 is 4.55. The number of nitrogens with one attached hydrogen (secondary N) is 1. The first kappa shape index (κ1) is 13.7. The van der Waals surface area contributed by atoms with Gasteiger partial charge < -0.3 is 10.1 Å². The Hall–Kier alpha value is -1.35. The highest BCUT2D eigenvalue weighted by Crippen LogP contribution is 2.21. The van der Waals surface area contributed by atoms with Gasteiger partial charge in [-0.2, -0.15) is 0 Å². The molecule has 0 fully saturated rings. The molecule has 17 heavy (non-hydrogen) atoms. The summed E-state index contributed by atoms with van der Waals surface area (Å²) in [6.07, 6.45) is 0. The molecule has 0 amide bonds. The molecule has 0 aromatic heterocycles. The Morgan fingerprint density at radius 2 is 1.82 bits per heavy atom. The number of carbonyl (C=O) groups excluding carboxylic acids is 1.